The molecule has 1 N–H and O–H groups in total. The molecule has 11 aliphatic heterocycles. The van der Waals surface area contributed by atoms with Gasteiger partial charge in [-0.1, -0.05) is 32.4 Å². The number of hydrogen-bond donors (Lipinski definition) is 1. The molecule has 11 aliphatic rings. The molecule has 0 saturated carbocycles. The van der Waals surface area contributed by atoms with Gasteiger partial charge < -0.3 is 34.2 Å². The third-order valence-corrected chi connectivity index (χ3v) is 26.4. The number of likely N-dealkylation sites (N-methyl/N-ethyl adjacent to an activating group) is 1. The fraction of sp³-hybridized carbons (Fsp3) is 0.928. The number of alkyl halides is 9. The number of rotatable bonds is 12. The maximum Gasteiger partial charge on any atom is 0.393 e. The normalized spacial score (nSPS) is 24.8. The van der Waals surface area contributed by atoms with Gasteiger partial charge in [0.1, 0.15) is 6.17 Å². The molecule has 27 heteroatoms. The van der Waals surface area contributed by atoms with Crippen LogP contribution in [0.25, 0.3) is 0 Å². The predicted octanol–water partition coefficient (Wildman–Crippen LogP) is 20.5. The second kappa shape index (κ2) is 63.5. The van der Waals surface area contributed by atoms with Gasteiger partial charge in [-0.3, -0.25) is 39.1 Å². The van der Waals surface area contributed by atoms with E-state index in [2.05, 4.69) is 188 Å². The van der Waals surface area contributed by atoms with Crippen molar-refractivity contribution in [3.63, 3.8) is 0 Å². The van der Waals surface area contributed by atoms with Crippen molar-refractivity contribution in [2.24, 2.45) is 35.5 Å². The van der Waals surface area contributed by atoms with Crippen molar-refractivity contribution in [3.05, 3.63) is 33.7 Å². The molecule has 12 rings (SSSR count). The molecule has 0 spiro atoms. The highest BCUT2D eigenvalue weighted by Crippen LogP contribution is 2.34. The van der Waals surface area contributed by atoms with Crippen LogP contribution >= 0.6 is 23.2 Å². The molecule has 11 fully saturated rings. The summed E-state index contributed by atoms with van der Waals surface area (Å²) >= 11 is 11.7. The number of morpholine rings is 1. The van der Waals surface area contributed by atoms with Gasteiger partial charge in [-0.25, -0.2) is 22.0 Å². The Balaban J connectivity index is 0.000000677. The highest BCUT2D eigenvalue weighted by atomic mass is 35.5. The lowest BCUT2D eigenvalue weighted by Crippen LogP contribution is -2.47. The molecule has 12 heterocycles. The van der Waals surface area contributed by atoms with E-state index >= 15 is 0 Å². The Bertz CT molecular complexity index is 2870. The molecule has 0 bridgehead atoms. The van der Waals surface area contributed by atoms with Crippen LogP contribution in [0.3, 0.4) is 0 Å². The van der Waals surface area contributed by atoms with E-state index in [4.69, 9.17) is 38.5 Å². The summed E-state index contributed by atoms with van der Waals surface area (Å²) in [4.78, 5) is 36.1. The quantitative estimate of drug-likeness (QED) is 0.157. The number of piperazine rings is 1. The minimum Gasteiger partial charge on any atom is -0.376 e. The molecular formula is C97H185Cl2F8N15O2. The maximum atomic E-state index is 12.8. The zero-order valence-corrected chi connectivity index (χ0v) is 84.9. The van der Waals surface area contributed by atoms with Crippen LogP contribution in [-0.2, 0) is 4.74 Å². The smallest absolute Gasteiger partial charge is 0.376 e. The lowest BCUT2D eigenvalue weighted by Gasteiger charge is -2.36. The van der Waals surface area contributed by atoms with Gasteiger partial charge in [0.15, 0.2) is 0 Å². The largest absolute Gasteiger partial charge is 0.393 e. The van der Waals surface area contributed by atoms with Crippen LogP contribution < -0.4 is 10.9 Å². The van der Waals surface area contributed by atoms with E-state index in [9.17, 15) is 39.9 Å². The molecule has 5 unspecified atom stereocenters. The summed E-state index contributed by atoms with van der Waals surface area (Å²) in [6, 6.07) is 13.3. The van der Waals surface area contributed by atoms with E-state index in [-0.39, 0.29) is 68.1 Å². The van der Waals surface area contributed by atoms with Gasteiger partial charge in [0.2, 0.25) is 0 Å². The van der Waals surface area contributed by atoms with Crippen LogP contribution in [0.15, 0.2) is 23.1 Å². The third kappa shape index (κ3) is 53.2. The first-order valence-corrected chi connectivity index (χ1v) is 49.3. The van der Waals surface area contributed by atoms with E-state index in [1.807, 2.05) is 65.2 Å². The van der Waals surface area contributed by atoms with E-state index < -0.39 is 30.1 Å². The Morgan fingerprint density at radius 2 is 0.847 bits per heavy atom. The van der Waals surface area contributed by atoms with Crippen molar-refractivity contribution in [2.75, 3.05) is 171 Å². The Morgan fingerprint density at radius 3 is 1.19 bits per heavy atom. The molecule has 0 radical (unpaired) electrons. The standard InChI is InChI=1S/C9H16F3N.2C9H16N2.C9H19N.C8H10ClNO.C8H16ClN.C8H15F2N.C8H16FN.C8H18N2.C8H17NO.C7H13F2N.C6H13N/c1-7(2)13-5-3-4-8(6-13)9(10,11)12;1-8(2)11-5-3-9(7-10)4-6-11;1-8(2)11-5-3-4-9(6-10)7-11;1-8(2)10-6-4-9(3)5-7-10;1-6(2)10-5-7(9)3-4-8(10)11;1-7(2)10-5-3-4-8(9)6-10;1-7(2)11-5-3-4-8(9,10)6-11;1-7(2)10-5-3-4-8(9)6-10;1-8(2)10-6-4-9(3)5-7-10;1-7(2)9-4-5-10-8(3)6-9;1-6(2)10-4-3-7(8,9)5-10;1-5(2)6-3-7-4-6/h7-8H,3-6H2,1-2H3;8-9H,3-6H2,1-2H3;8-9H,3-5,7H2,1-2H3;8-9H,4-7H2,1-3H3;3-6H,1-2H3;7-8H,3-6H2,1-2H3;7H,3-6H2,1-2H3;7-8H,3-6H2,1-2H3;8H,4-7H2,1-3H3;7-8H,4-6H2,1-3H3;6H,3-5H2,1-2H3;5-7H,3-4H2,1-2H3. The summed E-state index contributed by atoms with van der Waals surface area (Å²) in [6.45, 7) is 79.6. The molecule has 0 aromatic carbocycles. The molecule has 11 saturated heterocycles. The van der Waals surface area contributed by atoms with Gasteiger partial charge in [0.25, 0.3) is 17.4 Å². The van der Waals surface area contributed by atoms with Crippen LogP contribution in [0, 0.1) is 58.2 Å². The SMILES string of the molecule is CC(C)C1CNC1.CC(C)N1CCC(C#N)CC1.CC(C)N1CCC(F)(F)C1.CC(C)N1CCCC(C#N)C1.CC(C)N1CCCC(C(F)(F)F)C1.CC(C)N1CCCC(Cl)C1.CC(C)N1CCCC(F)(F)C1.CC(C)N1CCCC(F)C1.CC(C)N1CCN(C)CC1.CC(C)n1cc(Cl)ccc1=O.CC1CCN(C(C)C)CC1.CC1CN(C(C)C)CCO1. The molecule has 0 aliphatic carbocycles. The zero-order chi connectivity index (χ0) is 94.4. The molecule has 0 amide bonds. The summed E-state index contributed by atoms with van der Waals surface area (Å²) < 4.78 is 107. The van der Waals surface area contributed by atoms with Gasteiger partial charge in [0.05, 0.1) is 54.8 Å². The fourth-order valence-electron chi connectivity index (χ4n) is 16.2. The minimum atomic E-state index is -4.01. The zero-order valence-electron chi connectivity index (χ0n) is 83.4. The molecule has 5 atom stereocenters. The predicted molar refractivity (Wildman–Crippen MR) is 508 cm³/mol. The first-order chi connectivity index (χ1) is 57.8. The number of aromatic nitrogens is 1. The van der Waals surface area contributed by atoms with Gasteiger partial charge in [-0.15, -0.1) is 11.6 Å². The second-order valence-corrected chi connectivity index (χ2v) is 41.3. The lowest BCUT2D eigenvalue weighted by atomic mass is 9.91. The van der Waals surface area contributed by atoms with Crippen LogP contribution in [0.4, 0.5) is 35.1 Å². The van der Waals surface area contributed by atoms with Crippen molar-refractivity contribution < 1.29 is 39.9 Å². The Labute approximate surface area is 763 Å². The molecule has 17 nitrogen and oxygen atoms in total. The number of nitrogens with zero attached hydrogens (tertiary/aromatic N) is 14. The molecule has 1 aromatic heterocycles. The Morgan fingerprint density at radius 1 is 0.444 bits per heavy atom. The number of pyridine rings is 1. The highest BCUT2D eigenvalue weighted by molar-refractivity contribution is 6.30. The van der Waals surface area contributed by atoms with Gasteiger partial charge in [0, 0.05) is 175 Å². The van der Waals surface area contributed by atoms with Crippen molar-refractivity contribution in [3.8, 4) is 12.1 Å². The van der Waals surface area contributed by atoms with Gasteiger partial charge >= 0.3 is 6.18 Å². The van der Waals surface area contributed by atoms with Gasteiger partial charge in [-0.05, 0) is 346 Å². The summed E-state index contributed by atoms with van der Waals surface area (Å²) in [5.74, 6) is -2.54. The number of halogens is 10. The Kier molecular flexibility index (Phi) is 61.2. The first kappa shape index (κ1) is 119. The fourth-order valence-corrected chi connectivity index (χ4v) is 16.7. The molecular weight excluding hydrogens is 1630 g/mol. The monoisotopic (exact) mass is 1810 g/mol. The maximum absolute atomic E-state index is 12.8. The van der Waals surface area contributed by atoms with Crippen LogP contribution in [0.5, 0.6) is 0 Å². The lowest BCUT2D eigenvalue weighted by molar-refractivity contribution is -0.188. The number of likely N-dealkylation sites (tertiary alicyclic amines) is 8. The van der Waals surface area contributed by atoms with Crippen molar-refractivity contribution in [2.45, 2.75) is 378 Å². The topological polar surface area (TPSA) is 126 Å². The minimum absolute atomic E-state index is 0.00981. The summed E-state index contributed by atoms with van der Waals surface area (Å²) in [7, 11) is 2.19. The van der Waals surface area contributed by atoms with Crippen LogP contribution in [0.2, 0.25) is 5.02 Å². The Hall–Kier alpha value is -2.57. The molecule has 730 valence electrons. The molecule has 1 aromatic rings. The average molecular weight is 1820 g/mol. The van der Waals surface area contributed by atoms with Crippen molar-refractivity contribution in [1.29, 1.82) is 10.5 Å². The first-order valence-electron chi connectivity index (χ1n) is 48.5. The number of hydrogen-bond acceptors (Lipinski definition) is 16. The number of piperidine rings is 7. The number of nitriles is 2. The van der Waals surface area contributed by atoms with Crippen LogP contribution in [-0.4, -0.2) is 325 Å². The van der Waals surface area contributed by atoms with Crippen LogP contribution in [0.1, 0.15) is 282 Å². The highest BCUT2D eigenvalue weighted by Gasteiger charge is 2.43. The van der Waals surface area contributed by atoms with Crippen molar-refractivity contribution in [1.82, 2.24) is 63.8 Å². The van der Waals surface area contributed by atoms with E-state index in [0.717, 1.165) is 127 Å². The van der Waals surface area contributed by atoms with Crippen molar-refractivity contribution >= 4 is 23.2 Å². The number of ether oxygens (including phenoxy) is 1. The number of nitrogens with one attached hydrogen (secondary N) is 1. The van der Waals surface area contributed by atoms with E-state index in [1.165, 1.54) is 104 Å². The summed E-state index contributed by atoms with van der Waals surface area (Å²) in [6.07, 6.45) is 10.7. The van der Waals surface area contributed by atoms with E-state index in [1.54, 1.807) is 21.7 Å². The average Bonchev–Trinajstić information content (AvgIpc) is 1.39. The summed E-state index contributed by atoms with van der Waals surface area (Å²) in [5, 5.41) is 21.6. The molecule has 124 heavy (non-hydrogen) atoms. The second-order valence-electron chi connectivity index (χ2n) is 40.3. The van der Waals surface area contributed by atoms with E-state index in [0.29, 0.717) is 85.0 Å². The van der Waals surface area contributed by atoms with Gasteiger partial charge in [-0.2, -0.15) is 23.7 Å². The third-order valence-electron chi connectivity index (χ3n) is 25.8. The summed E-state index contributed by atoms with van der Waals surface area (Å²) in [5.41, 5.74) is -0.00981.